The van der Waals surface area contributed by atoms with Crippen LogP contribution in [0.15, 0.2) is 12.1 Å². The van der Waals surface area contributed by atoms with Crippen LogP contribution in [0.5, 0.6) is 11.5 Å². The summed E-state index contributed by atoms with van der Waals surface area (Å²) in [4.78, 5) is 28.6. The van der Waals surface area contributed by atoms with Crippen LogP contribution >= 0.6 is 23.2 Å². The molecule has 2 bridgehead atoms. The van der Waals surface area contributed by atoms with Gasteiger partial charge in [0.05, 0.1) is 69.6 Å². The van der Waals surface area contributed by atoms with Crippen molar-refractivity contribution in [1.29, 1.82) is 0 Å². The number of ether oxygens (including phenoxy) is 4. The van der Waals surface area contributed by atoms with Gasteiger partial charge in [-0.15, -0.1) is 0 Å². The molecule has 164 valence electrons. The predicted octanol–water partition coefficient (Wildman–Crippen LogP) is 3.88. The zero-order valence-corrected chi connectivity index (χ0v) is 18.9. The normalized spacial score (nSPS) is 13.9. The third-order valence-corrected chi connectivity index (χ3v) is 6.07. The zero-order chi connectivity index (χ0) is 22.4. The Morgan fingerprint density at radius 1 is 0.774 bits per heavy atom. The van der Waals surface area contributed by atoms with Crippen molar-refractivity contribution in [3.05, 3.63) is 44.4 Å². The number of methoxy groups -OCH3 is 4. The number of hydrogen-bond acceptors (Lipinski definition) is 8. The lowest BCUT2D eigenvalue weighted by Crippen LogP contribution is -2.47. The van der Waals surface area contributed by atoms with Gasteiger partial charge in [-0.3, -0.25) is 0 Å². The Hall–Kier alpha value is -2.84. The summed E-state index contributed by atoms with van der Waals surface area (Å²) in [5, 5.41) is 0.793. The number of fused-ring (bicyclic) bond motifs is 6. The van der Waals surface area contributed by atoms with Crippen molar-refractivity contribution in [3.63, 3.8) is 0 Å². The van der Waals surface area contributed by atoms with E-state index in [4.69, 9.17) is 42.1 Å². The average Bonchev–Trinajstić information content (AvgIpc) is 2.77. The highest BCUT2D eigenvalue weighted by Gasteiger charge is 2.38. The van der Waals surface area contributed by atoms with Gasteiger partial charge in [0.25, 0.3) is 0 Å². The van der Waals surface area contributed by atoms with Gasteiger partial charge in [-0.25, -0.2) is 9.59 Å². The second-order valence-corrected chi connectivity index (χ2v) is 7.87. The van der Waals surface area contributed by atoms with Gasteiger partial charge < -0.3 is 28.7 Å². The van der Waals surface area contributed by atoms with Crippen molar-refractivity contribution < 1.29 is 28.5 Å². The number of carbonyl (C=O) groups excluding carboxylic acids is 2. The summed E-state index contributed by atoms with van der Waals surface area (Å²) in [6.45, 7) is 1.28. The van der Waals surface area contributed by atoms with Crippen molar-refractivity contribution >= 4 is 46.5 Å². The summed E-state index contributed by atoms with van der Waals surface area (Å²) >= 11 is 13.2. The van der Waals surface area contributed by atoms with Gasteiger partial charge in [-0.1, -0.05) is 23.2 Å². The van der Waals surface area contributed by atoms with Crippen LogP contribution in [0.25, 0.3) is 0 Å². The summed E-state index contributed by atoms with van der Waals surface area (Å²) < 4.78 is 20.9. The molecule has 0 amide bonds. The number of anilines is 2. The molecule has 0 radical (unpaired) electrons. The Morgan fingerprint density at radius 3 is 1.48 bits per heavy atom. The molecule has 2 aliphatic rings. The minimum Gasteiger partial charge on any atom is -0.495 e. The Balaban J connectivity index is 1.91. The van der Waals surface area contributed by atoms with E-state index < -0.39 is 11.9 Å². The first-order chi connectivity index (χ1) is 14.9. The van der Waals surface area contributed by atoms with Gasteiger partial charge in [0.1, 0.15) is 22.6 Å². The lowest BCUT2D eigenvalue weighted by molar-refractivity contribution is 0.0588. The topological polar surface area (TPSA) is 77.5 Å². The lowest BCUT2D eigenvalue weighted by Gasteiger charge is -2.46. The van der Waals surface area contributed by atoms with Gasteiger partial charge in [-0.05, 0) is 12.1 Å². The molecular weight excluding hydrogens is 447 g/mol. The van der Waals surface area contributed by atoms with Gasteiger partial charge in [0, 0.05) is 11.1 Å². The van der Waals surface area contributed by atoms with E-state index in [-0.39, 0.29) is 11.1 Å². The summed E-state index contributed by atoms with van der Waals surface area (Å²) in [5.41, 5.74) is 3.49. The molecule has 0 saturated heterocycles. The molecule has 0 fully saturated rings. The highest BCUT2D eigenvalue weighted by Crippen LogP contribution is 2.50. The predicted molar refractivity (Wildman–Crippen MR) is 116 cm³/mol. The maximum atomic E-state index is 12.3. The summed E-state index contributed by atoms with van der Waals surface area (Å²) in [6, 6.07) is 3.09. The minimum absolute atomic E-state index is 0.251. The minimum atomic E-state index is -0.537. The van der Waals surface area contributed by atoms with Crippen molar-refractivity contribution in [2.75, 3.05) is 44.9 Å². The molecular formula is C21H20Cl2N2O6. The van der Waals surface area contributed by atoms with Gasteiger partial charge in [-0.2, -0.15) is 0 Å². The number of esters is 2. The molecule has 2 heterocycles. The van der Waals surface area contributed by atoms with Crippen LogP contribution in [0, 0.1) is 0 Å². The molecule has 0 saturated carbocycles. The van der Waals surface area contributed by atoms with Crippen LogP contribution in [-0.4, -0.2) is 47.0 Å². The lowest BCUT2D eigenvalue weighted by atomic mass is 9.96. The molecule has 8 nitrogen and oxygen atoms in total. The van der Waals surface area contributed by atoms with Gasteiger partial charge in [0.2, 0.25) is 0 Å². The Labute approximate surface area is 189 Å². The molecule has 0 aromatic heterocycles. The van der Waals surface area contributed by atoms with E-state index in [9.17, 15) is 9.59 Å². The number of carbonyl (C=O) groups is 2. The quantitative estimate of drug-likeness (QED) is 0.628. The van der Waals surface area contributed by atoms with Crippen molar-refractivity contribution in [2.45, 2.75) is 13.1 Å². The molecule has 0 spiro atoms. The fraction of sp³-hybridized carbons (Fsp3) is 0.333. The van der Waals surface area contributed by atoms with Crippen LogP contribution in [0.3, 0.4) is 0 Å². The summed E-state index contributed by atoms with van der Waals surface area (Å²) in [7, 11) is 5.60. The largest absolute Gasteiger partial charge is 0.495 e. The third kappa shape index (κ3) is 3.21. The van der Waals surface area contributed by atoms with Crippen LogP contribution in [0.2, 0.25) is 10.0 Å². The first-order valence-corrected chi connectivity index (χ1v) is 10.1. The smallest absolute Gasteiger partial charge is 0.341 e. The summed E-state index contributed by atoms with van der Waals surface area (Å²) in [5.74, 6) is -0.271. The SMILES string of the molecule is COC(=O)c1cc(Cl)c2c(c1OC)CN1CN2Cc2c(OC)c(C(=O)OC)cc(Cl)c21. The monoisotopic (exact) mass is 466 g/mol. The van der Waals surface area contributed by atoms with E-state index in [1.807, 2.05) is 9.80 Å². The second kappa shape index (κ2) is 8.01. The molecule has 10 heteroatoms. The van der Waals surface area contributed by atoms with Crippen molar-refractivity contribution in [1.82, 2.24) is 0 Å². The number of hydrogen-bond donors (Lipinski definition) is 0. The molecule has 2 aromatic rings. The molecule has 4 rings (SSSR count). The first-order valence-electron chi connectivity index (χ1n) is 9.31. The number of nitrogens with zero attached hydrogens (tertiary/aromatic N) is 2. The number of halogens is 2. The van der Waals surface area contributed by atoms with Crippen molar-refractivity contribution in [2.24, 2.45) is 0 Å². The van der Waals surface area contributed by atoms with Crippen LogP contribution in [0.1, 0.15) is 31.8 Å². The van der Waals surface area contributed by atoms with Crippen LogP contribution in [0.4, 0.5) is 11.4 Å². The van der Waals surface area contributed by atoms with E-state index in [1.165, 1.54) is 28.4 Å². The van der Waals surface area contributed by atoms with E-state index in [0.717, 1.165) is 22.5 Å². The van der Waals surface area contributed by atoms with Crippen LogP contribution < -0.4 is 19.3 Å². The third-order valence-electron chi connectivity index (χ3n) is 5.49. The maximum absolute atomic E-state index is 12.3. The van der Waals surface area contributed by atoms with Crippen LogP contribution in [-0.2, 0) is 22.6 Å². The molecule has 0 atom stereocenters. The van der Waals surface area contributed by atoms with Gasteiger partial charge in [0.15, 0.2) is 0 Å². The average molecular weight is 467 g/mol. The Bertz CT molecular complexity index is 1020. The maximum Gasteiger partial charge on any atom is 0.341 e. The van der Waals surface area contributed by atoms with E-state index >= 15 is 0 Å². The van der Waals surface area contributed by atoms with E-state index in [2.05, 4.69) is 0 Å². The molecule has 0 aliphatic carbocycles. The van der Waals surface area contributed by atoms with Gasteiger partial charge >= 0.3 is 11.9 Å². The number of rotatable bonds is 4. The second-order valence-electron chi connectivity index (χ2n) is 7.05. The molecule has 2 aliphatic heterocycles. The highest BCUT2D eigenvalue weighted by molar-refractivity contribution is 6.35. The summed E-state index contributed by atoms with van der Waals surface area (Å²) in [6.07, 6.45) is 0. The zero-order valence-electron chi connectivity index (χ0n) is 17.4. The van der Waals surface area contributed by atoms with E-state index in [0.29, 0.717) is 41.3 Å². The van der Waals surface area contributed by atoms with E-state index in [1.54, 1.807) is 12.1 Å². The first kappa shape index (κ1) is 21.4. The standard InChI is InChI=1S/C21H20Cl2N2O6/c1-28-18-10(20(26)30-3)5-14(22)16-12(18)7-24-9-25(16)8-13-17(24)15(23)6-11(19(13)29-2)21(27)31-4/h5-6H,7-9H2,1-4H3. The molecule has 31 heavy (non-hydrogen) atoms. The fourth-order valence-corrected chi connectivity index (χ4v) is 4.99. The Kier molecular flexibility index (Phi) is 5.53. The molecule has 0 unspecified atom stereocenters. The Morgan fingerprint density at radius 2 is 1.16 bits per heavy atom. The van der Waals surface area contributed by atoms with Crippen molar-refractivity contribution in [3.8, 4) is 11.5 Å². The number of benzene rings is 2. The molecule has 2 aromatic carbocycles. The molecule has 0 N–H and O–H groups in total. The fourth-order valence-electron chi connectivity index (χ4n) is 4.30. The highest BCUT2D eigenvalue weighted by atomic mass is 35.5.